The molecule has 212 valence electrons. The van der Waals surface area contributed by atoms with Crippen LogP contribution in [-0.2, 0) is 20.9 Å². The monoisotopic (exact) mass is 540 g/mol. The zero-order valence-electron chi connectivity index (χ0n) is 22.8. The first-order valence-corrected chi connectivity index (χ1v) is 13.8. The normalized spacial score (nSPS) is 15.9. The van der Waals surface area contributed by atoms with Gasteiger partial charge >= 0.3 is 0 Å². The highest BCUT2D eigenvalue weighted by Crippen LogP contribution is 2.27. The van der Waals surface area contributed by atoms with Crippen molar-refractivity contribution in [1.29, 1.82) is 0 Å². The number of hydrogen-bond donors (Lipinski definition) is 4. The van der Waals surface area contributed by atoms with Crippen LogP contribution in [-0.4, -0.2) is 52.4 Å². The molecule has 39 heavy (non-hydrogen) atoms. The second kappa shape index (κ2) is 15.6. The van der Waals surface area contributed by atoms with Gasteiger partial charge in [0, 0.05) is 38.0 Å². The van der Waals surface area contributed by atoms with Gasteiger partial charge in [-0.05, 0) is 29.9 Å². The Hall–Kier alpha value is -3.76. The van der Waals surface area contributed by atoms with E-state index in [9.17, 15) is 19.2 Å². The van der Waals surface area contributed by atoms with Gasteiger partial charge in [0.2, 0.25) is 23.5 Å². The van der Waals surface area contributed by atoms with Gasteiger partial charge in [-0.1, -0.05) is 63.6 Å². The van der Waals surface area contributed by atoms with Gasteiger partial charge in [-0.25, -0.2) is 0 Å². The second-order valence-corrected chi connectivity index (χ2v) is 10.2. The summed E-state index contributed by atoms with van der Waals surface area (Å²) in [5.41, 5.74) is 0.882. The summed E-state index contributed by atoms with van der Waals surface area (Å²) >= 11 is 0. The molecule has 0 spiro atoms. The third-order valence-electron chi connectivity index (χ3n) is 7.23. The molecule has 2 aromatic rings. The van der Waals surface area contributed by atoms with E-state index in [1.165, 1.54) is 18.7 Å². The number of hydrogen-bond acceptors (Lipinski definition) is 7. The van der Waals surface area contributed by atoms with Crippen molar-refractivity contribution in [1.82, 2.24) is 31.4 Å². The van der Waals surface area contributed by atoms with Crippen molar-refractivity contribution >= 4 is 23.6 Å². The van der Waals surface area contributed by atoms with Crippen molar-refractivity contribution in [3.8, 4) is 0 Å². The van der Waals surface area contributed by atoms with E-state index in [2.05, 4.69) is 31.4 Å². The molecule has 0 aliphatic heterocycles. The van der Waals surface area contributed by atoms with Crippen LogP contribution in [0.1, 0.15) is 81.3 Å². The minimum Gasteiger partial charge on any atom is -0.354 e. The lowest BCUT2D eigenvalue weighted by molar-refractivity contribution is -0.131. The van der Waals surface area contributed by atoms with Crippen LogP contribution in [0.25, 0.3) is 0 Å². The van der Waals surface area contributed by atoms with Crippen molar-refractivity contribution in [2.24, 2.45) is 11.8 Å². The quantitative estimate of drug-likeness (QED) is 0.287. The minimum atomic E-state index is -0.816. The number of amides is 4. The van der Waals surface area contributed by atoms with Crippen molar-refractivity contribution in [2.75, 3.05) is 6.54 Å². The molecule has 11 nitrogen and oxygen atoms in total. The van der Waals surface area contributed by atoms with Gasteiger partial charge in [0.1, 0.15) is 12.1 Å². The predicted molar refractivity (Wildman–Crippen MR) is 144 cm³/mol. The fourth-order valence-corrected chi connectivity index (χ4v) is 4.71. The van der Waals surface area contributed by atoms with Crippen molar-refractivity contribution in [2.45, 2.75) is 83.8 Å². The molecule has 1 fully saturated rings. The lowest BCUT2D eigenvalue weighted by Crippen LogP contribution is -2.56. The molecule has 0 bridgehead atoms. The van der Waals surface area contributed by atoms with Crippen LogP contribution in [0.15, 0.2) is 41.3 Å². The molecule has 3 atom stereocenters. The maximum atomic E-state index is 13.4. The molecule has 0 aromatic carbocycles. The fraction of sp³-hybridized carbons (Fsp3) is 0.571. The SMILES string of the molecule is CC[C@H](C)[C@H](NC(=O)[C@H](CC1CCCCC1)NC(=O)c1ccno1)C(=O)NCCC(=O)NCc1cccnc1. The predicted octanol–water partition coefficient (Wildman–Crippen LogP) is 2.49. The number of rotatable bonds is 14. The number of carbonyl (C=O) groups excluding carboxylic acids is 4. The van der Waals surface area contributed by atoms with Crippen LogP contribution in [0.2, 0.25) is 0 Å². The van der Waals surface area contributed by atoms with Gasteiger partial charge in [0.25, 0.3) is 5.91 Å². The molecule has 0 radical (unpaired) electrons. The van der Waals surface area contributed by atoms with Gasteiger partial charge in [-0.2, -0.15) is 0 Å². The third kappa shape index (κ3) is 9.81. The highest BCUT2D eigenvalue weighted by Gasteiger charge is 2.32. The molecule has 0 unspecified atom stereocenters. The van der Waals surface area contributed by atoms with E-state index >= 15 is 0 Å². The Labute approximate surface area is 229 Å². The first-order chi connectivity index (χ1) is 18.9. The zero-order valence-corrected chi connectivity index (χ0v) is 22.8. The first kappa shape index (κ1) is 29.8. The summed E-state index contributed by atoms with van der Waals surface area (Å²) < 4.78 is 4.95. The van der Waals surface area contributed by atoms with Crippen LogP contribution in [0.4, 0.5) is 0 Å². The Bertz CT molecular complexity index is 1060. The van der Waals surface area contributed by atoms with Crippen LogP contribution >= 0.6 is 0 Å². The van der Waals surface area contributed by atoms with E-state index in [-0.39, 0.29) is 36.5 Å². The van der Waals surface area contributed by atoms with Gasteiger partial charge in [-0.15, -0.1) is 0 Å². The highest BCUT2D eigenvalue weighted by molar-refractivity contribution is 5.96. The van der Waals surface area contributed by atoms with E-state index in [0.717, 1.165) is 31.2 Å². The first-order valence-electron chi connectivity index (χ1n) is 13.8. The molecule has 4 N–H and O–H groups in total. The summed E-state index contributed by atoms with van der Waals surface area (Å²) in [5, 5.41) is 14.8. The van der Waals surface area contributed by atoms with E-state index in [1.807, 2.05) is 19.9 Å². The summed E-state index contributed by atoms with van der Waals surface area (Å²) in [6, 6.07) is 3.47. The fourth-order valence-electron chi connectivity index (χ4n) is 4.71. The number of pyridine rings is 1. The van der Waals surface area contributed by atoms with Crippen LogP contribution in [0.5, 0.6) is 0 Å². The molecular weight excluding hydrogens is 500 g/mol. The maximum absolute atomic E-state index is 13.4. The van der Waals surface area contributed by atoms with Gasteiger partial charge in [0.05, 0.1) is 6.20 Å². The standard InChI is InChI=1S/C28H40N6O5/c1-3-19(2)25(28(38)30-14-12-24(35)31-18-21-10-7-13-29-17-21)34-26(36)22(16-20-8-5-4-6-9-20)33-27(37)23-11-15-32-39-23/h7,10-11,13,15,17,19-20,22,25H,3-6,8-9,12,14,16,18H2,1-2H3,(H,30,38)(H,31,35)(H,33,37)(H,34,36)/t19-,22-,25-/m0/s1. The van der Waals surface area contributed by atoms with Crippen molar-refractivity contribution in [3.05, 3.63) is 48.1 Å². The number of aromatic nitrogens is 2. The van der Waals surface area contributed by atoms with Crippen molar-refractivity contribution < 1.29 is 23.7 Å². The van der Waals surface area contributed by atoms with E-state index in [1.54, 1.807) is 18.5 Å². The molecular formula is C28H40N6O5. The maximum Gasteiger partial charge on any atom is 0.290 e. The smallest absolute Gasteiger partial charge is 0.290 e. The van der Waals surface area contributed by atoms with Gasteiger partial charge in [-0.3, -0.25) is 24.2 Å². The van der Waals surface area contributed by atoms with Gasteiger partial charge in [0.15, 0.2) is 0 Å². The molecule has 4 amide bonds. The summed E-state index contributed by atoms with van der Waals surface area (Å²) in [4.78, 5) is 55.4. The Balaban J connectivity index is 1.56. The summed E-state index contributed by atoms with van der Waals surface area (Å²) in [5.74, 6) is -1.33. The summed E-state index contributed by atoms with van der Waals surface area (Å²) in [6.07, 6.45) is 11.3. The van der Waals surface area contributed by atoms with Crippen LogP contribution < -0.4 is 21.3 Å². The second-order valence-electron chi connectivity index (χ2n) is 10.2. The largest absolute Gasteiger partial charge is 0.354 e. The van der Waals surface area contributed by atoms with Crippen LogP contribution in [0, 0.1) is 11.8 Å². The zero-order chi connectivity index (χ0) is 28.0. The van der Waals surface area contributed by atoms with E-state index in [0.29, 0.717) is 25.3 Å². The number of nitrogens with zero attached hydrogens (tertiary/aromatic N) is 2. The molecule has 1 aliphatic rings. The molecule has 2 heterocycles. The molecule has 3 rings (SSSR count). The van der Waals surface area contributed by atoms with Crippen molar-refractivity contribution in [3.63, 3.8) is 0 Å². The van der Waals surface area contributed by atoms with Gasteiger partial charge < -0.3 is 25.8 Å². The Morgan fingerprint density at radius 3 is 2.49 bits per heavy atom. The lowest BCUT2D eigenvalue weighted by atomic mass is 9.84. The van der Waals surface area contributed by atoms with E-state index in [4.69, 9.17) is 4.52 Å². The van der Waals surface area contributed by atoms with E-state index < -0.39 is 23.9 Å². The topological polar surface area (TPSA) is 155 Å². The summed E-state index contributed by atoms with van der Waals surface area (Å²) in [7, 11) is 0. The Morgan fingerprint density at radius 1 is 1.03 bits per heavy atom. The Kier molecular flexibility index (Phi) is 11.9. The molecule has 1 saturated carbocycles. The Morgan fingerprint density at radius 2 is 1.82 bits per heavy atom. The lowest BCUT2D eigenvalue weighted by Gasteiger charge is -2.29. The van der Waals surface area contributed by atoms with Crippen LogP contribution in [0.3, 0.4) is 0 Å². The number of nitrogens with one attached hydrogen (secondary N) is 4. The molecule has 2 aromatic heterocycles. The average molecular weight is 541 g/mol. The highest BCUT2D eigenvalue weighted by atomic mass is 16.5. The molecule has 1 aliphatic carbocycles. The average Bonchev–Trinajstić information content (AvgIpc) is 3.50. The number of carbonyl (C=O) groups is 4. The third-order valence-corrected chi connectivity index (χ3v) is 7.23. The summed E-state index contributed by atoms with van der Waals surface area (Å²) in [6.45, 7) is 4.31. The molecule has 0 saturated heterocycles. The minimum absolute atomic E-state index is 0.0227. The molecule has 11 heteroatoms.